The van der Waals surface area contributed by atoms with Gasteiger partial charge in [0.1, 0.15) is 6.33 Å². The molecule has 1 N–H and O–H groups in total. The van der Waals surface area contributed by atoms with Gasteiger partial charge in [-0.15, -0.1) is 12.3 Å². The normalized spacial score (nSPS) is 12.0. The summed E-state index contributed by atoms with van der Waals surface area (Å²) < 4.78 is 0. The molecule has 0 aliphatic carbocycles. The molecule has 3 nitrogen and oxygen atoms in total. The lowest BCUT2D eigenvalue weighted by atomic mass is 10.1. The number of aromatic nitrogens is 2. The predicted octanol–water partition coefficient (Wildman–Crippen LogP) is 1.54. The van der Waals surface area contributed by atoms with E-state index >= 15 is 0 Å². The lowest BCUT2D eigenvalue weighted by Gasteiger charge is -2.15. The molecular formula is C11H15N3. The molecule has 1 atom stereocenters. The summed E-state index contributed by atoms with van der Waals surface area (Å²) in [6.07, 6.45) is 12.2. The van der Waals surface area contributed by atoms with Gasteiger partial charge in [-0.2, -0.15) is 0 Å². The molecule has 0 spiro atoms. The average Bonchev–Trinajstić information content (AvgIpc) is 2.25. The summed E-state index contributed by atoms with van der Waals surface area (Å²) in [6.45, 7) is 3.09. The van der Waals surface area contributed by atoms with Crippen LogP contribution in [0.15, 0.2) is 18.7 Å². The van der Waals surface area contributed by atoms with Crippen molar-refractivity contribution >= 4 is 0 Å². The van der Waals surface area contributed by atoms with Crippen molar-refractivity contribution in [2.75, 3.05) is 6.54 Å². The topological polar surface area (TPSA) is 37.8 Å². The molecule has 0 saturated carbocycles. The minimum Gasteiger partial charge on any atom is -0.309 e. The minimum atomic E-state index is 0.182. The van der Waals surface area contributed by atoms with E-state index in [-0.39, 0.29) is 6.04 Å². The molecule has 0 aromatic carbocycles. The van der Waals surface area contributed by atoms with Gasteiger partial charge in [-0.25, -0.2) is 9.97 Å². The van der Waals surface area contributed by atoms with E-state index in [1.807, 2.05) is 0 Å². The van der Waals surface area contributed by atoms with E-state index in [2.05, 4.69) is 28.1 Å². The number of nitrogens with one attached hydrogen (secondary N) is 1. The van der Waals surface area contributed by atoms with Crippen molar-refractivity contribution in [3.63, 3.8) is 0 Å². The van der Waals surface area contributed by atoms with E-state index in [1.165, 1.54) is 6.33 Å². The Balaban J connectivity index is 2.63. The molecule has 1 aromatic heterocycles. The first-order chi connectivity index (χ1) is 6.88. The largest absolute Gasteiger partial charge is 0.309 e. The predicted molar refractivity (Wildman–Crippen MR) is 56.5 cm³/mol. The number of terminal acetylenes is 1. The Morgan fingerprint density at radius 1 is 1.50 bits per heavy atom. The molecule has 1 rings (SSSR count). The lowest BCUT2D eigenvalue weighted by molar-refractivity contribution is 0.539. The first kappa shape index (κ1) is 10.7. The number of nitrogens with zero attached hydrogens (tertiary/aromatic N) is 2. The first-order valence-electron chi connectivity index (χ1n) is 4.80. The summed E-state index contributed by atoms with van der Waals surface area (Å²) >= 11 is 0. The second-order valence-electron chi connectivity index (χ2n) is 3.09. The van der Waals surface area contributed by atoms with Crippen LogP contribution in [0.25, 0.3) is 0 Å². The molecule has 0 fully saturated rings. The molecule has 0 amide bonds. The Morgan fingerprint density at radius 2 is 2.21 bits per heavy atom. The summed E-state index contributed by atoms with van der Waals surface area (Å²) in [4.78, 5) is 7.95. The third kappa shape index (κ3) is 3.15. The van der Waals surface area contributed by atoms with E-state index in [0.717, 1.165) is 18.5 Å². The third-order valence-electron chi connectivity index (χ3n) is 1.95. The van der Waals surface area contributed by atoms with Gasteiger partial charge in [0.2, 0.25) is 0 Å². The quantitative estimate of drug-likeness (QED) is 0.714. The van der Waals surface area contributed by atoms with E-state index in [4.69, 9.17) is 6.42 Å². The van der Waals surface area contributed by atoms with Crippen molar-refractivity contribution in [3.05, 3.63) is 24.3 Å². The number of hydrogen-bond donors (Lipinski definition) is 1. The van der Waals surface area contributed by atoms with Crippen molar-refractivity contribution in [1.29, 1.82) is 0 Å². The van der Waals surface area contributed by atoms with E-state index in [1.54, 1.807) is 12.4 Å². The van der Waals surface area contributed by atoms with Gasteiger partial charge in [-0.05, 0) is 13.0 Å². The monoisotopic (exact) mass is 189 g/mol. The average molecular weight is 189 g/mol. The maximum absolute atomic E-state index is 5.31. The van der Waals surface area contributed by atoms with Gasteiger partial charge in [0, 0.05) is 30.4 Å². The van der Waals surface area contributed by atoms with Crippen LogP contribution in [0.5, 0.6) is 0 Å². The van der Waals surface area contributed by atoms with Gasteiger partial charge in [0.05, 0.1) is 0 Å². The molecule has 1 heterocycles. The summed E-state index contributed by atoms with van der Waals surface area (Å²) in [6, 6.07) is 0.182. The minimum absolute atomic E-state index is 0.182. The van der Waals surface area contributed by atoms with Crippen LogP contribution in [0.1, 0.15) is 31.4 Å². The lowest BCUT2D eigenvalue weighted by Crippen LogP contribution is -2.22. The van der Waals surface area contributed by atoms with Crippen molar-refractivity contribution in [1.82, 2.24) is 15.3 Å². The molecule has 0 aliphatic heterocycles. The molecule has 0 bridgehead atoms. The van der Waals surface area contributed by atoms with Crippen LogP contribution in [0.2, 0.25) is 0 Å². The van der Waals surface area contributed by atoms with Gasteiger partial charge in [0.15, 0.2) is 0 Å². The van der Waals surface area contributed by atoms with E-state index in [9.17, 15) is 0 Å². The highest BCUT2D eigenvalue weighted by Gasteiger charge is 2.08. The Kier molecular flexibility index (Phi) is 4.66. The molecule has 0 aliphatic rings. The maximum atomic E-state index is 5.31. The molecule has 0 saturated heterocycles. The van der Waals surface area contributed by atoms with Crippen LogP contribution in [-0.2, 0) is 0 Å². The second kappa shape index (κ2) is 6.11. The second-order valence-corrected chi connectivity index (χ2v) is 3.09. The van der Waals surface area contributed by atoms with Crippen molar-refractivity contribution < 1.29 is 0 Å². The van der Waals surface area contributed by atoms with Gasteiger partial charge < -0.3 is 5.32 Å². The maximum Gasteiger partial charge on any atom is 0.115 e. The molecular weight excluding hydrogens is 174 g/mol. The zero-order valence-corrected chi connectivity index (χ0v) is 8.40. The third-order valence-corrected chi connectivity index (χ3v) is 1.95. The van der Waals surface area contributed by atoms with Crippen LogP contribution >= 0.6 is 0 Å². The van der Waals surface area contributed by atoms with Gasteiger partial charge >= 0.3 is 0 Å². The Hall–Kier alpha value is -1.40. The molecule has 1 aromatic rings. The van der Waals surface area contributed by atoms with Crippen molar-refractivity contribution in [2.24, 2.45) is 0 Å². The van der Waals surface area contributed by atoms with Gasteiger partial charge in [0.25, 0.3) is 0 Å². The Morgan fingerprint density at radius 3 is 2.79 bits per heavy atom. The van der Waals surface area contributed by atoms with Crippen molar-refractivity contribution in [3.8, 4) is 12.3 Å². The summed E-state index contributed by atoms with van der Waals surface area (Å²) in [5.74, 6) is 2.66. The SMILES string of the molecule is C#CCC(NCCC)c1cncnc1. The zero-order valence-electron chi connectivity index (χ0n) is 8.40. The highest BCUT2D eigenvalue weighted by atomic mass is 14.9. The summed E-state index contributed by atoms with van der Waals surface area (Å²) in [5.41, 5.74) is 1.05. The van der Waals surface area contributed by atoms with Crippen LogP contribution in [0, 0.1) is 12.3 Å². The van der Waals surface area contributed by atoms with Crippen LogP contribution in [0.4, 0.5) is 0 Å². The molecule has 1 unspecified atom stereocenters. The van der Waals surface area contributed by atoms with E-state index in [0.29, 0.717) is 6.42 Å². The zero-order chi connectivity index (χ0) is 10.2. The van der Waals surface area contributed by atoms with Crippen molar-refractivity contribution in [2.45, 2.75) is 25.8 Å². The van der Waals surface area contributed by atoms with Crippen LogP contribution in [-0.4, -0.2) is 16.5 Å². The fourth-order valence-electron chi connectivity index (χ4n) is 1.23. The molecule has 3 heteroatoms. The van der Waals surface area contributed by atoms with E-state index < -0.39 is 0 Å². The highest BCUT2D eigenvalue weighted by molar-refractivity contribution is 5.12. The molecule has 74 valence electrons. The van der Waals surface area contributed by atoms with Gasteiger partial charge in [-0.1, -0.05) is 6.92 Å². The summed E-state index contributed by atoms with van der Waals surface area (Å²) in [7, 11) is 0. The number of hydrogen-bond acceptors (Lipinski definition) is 3. The smallest absolute Gasteiger partial charge is 0.115 e. The highest BCUT2D eigenvalue weighted by Crippen LogP contribution is 2.13. The Bertz CT molecular complexity index is 289. The summed E-state index contributed by atoms with van der Waals surface area (Å²) in [5, 5.41) is 3.36. The van der Waals surface area contributed by atoms with Crippen LogP contribution in [0.3, 0.4) is 0 Å². The fraction of sp³-hybridized carbons (Fsp3) is 0.455. The molecule has 14 heavy (non-hydrogen) atoms. The van der Waals surface area contributed by atoms with Gasteiger partial charge in [-0.3, -0.25) is 0 Å². The number of rotatable bonds is 5. The Labute approximate surface area is 85.0 Å². The fourth-order valence-corrected chi connectivity index (χ4v) is 1.23. The standard InChI is InChI=1S/C11H15N3/c1-3-5-11(14-6-4-2)10-7-12-9-13-8-10/h1,7-9,11,14H,4-6H2,2H3. The molecule has 0 radical (unpaired) electrons. The van der Waals surface area contributed by atoms with Crippen LogP contribution < -0.4 is 5.32 Å². The first-order valence-corrected chi connectivity index (χ1v) is 4.80.